The van der Waals surface area contributed by atoms with Gasteiger partial charge in [0.25, 0.3) is 0 Å². The molecule has 0 aliphatic heterocycles. The van der Waals surface area contributed by atoms with Gasteiger partial charge in [0, 0.05) is 6.04 Å². The molecule has 1 rings (SSSR count). The Morgan fingerprint density at radius 2 is 2.00 bits per heavy atom. The lowest BCUT2D eigenvalue weighted by molar-refractivity contribution is 0.436. The fourth-order valence-electron chi connectivity index (χ4n) is 1.88. The van der Waals surface area contributed by atoms with E-state index in [2.05, 4.69) is 43.4 Å². The zero-order valence-electron chi connectivity index (χ0n) is 9.96. The van der Waals surface area contributed by atoms with Gasteiger partial charge < -0.3 is 11.1 Å². The summed E-state index contributed by atoms with van der Waals surface area (Å²) in [7, 11) is 2.01. The third kappa shape index (κ3) is 3.33. The molecule has 3 N–H and O–H groups in total. The quantitative estimate of drug-likeness (QED) is 0.775. The molecule has 2 nitrogen and oxygen atoms in total. The summed E-state index contributed by atoms with van der Waals surface area (Å²) >= 11 is 0. The highest BCUT2D eigenvalue weighted by atomic mass is 14.9. The van der Waals surface area contributed by atoms with Gasteiger partial charge in [0.15, 0.2) is 0 Å². The number of hydrogen-bond acceptors (Lipinski definition) is 2. The number of rotatable bonds is 5. The molecule has 0 amide bonds. The van der Waals surface area contributed by atoms with Gasteiger partial charge in [-0.2, -0.15) is 0 Å². The van der Waals surface area contributed by atoms with Crippen molar-refractivity contribution < 1.29 is 0 Å². The summed E-state index contributed by atoms with van der Waals surface area (Å²) in [6, 6.07) is 8.95. The van der Waals surface area contributed by atoms with Crippen LogP contribution >= 0.6 is 0 Å². The lowest BCUT2D eigenvalue weighted by atomic mass is 9.93. The van der Waals surface area contributed by atoms with E-state index in [4.69, 9.17) is 5.73 Å². The van der Waals surface area contributed by atoms with Crippen molar-refractivity contribution in [3.05, 3.63) is 35.4 Å². The third-order valence-electron chi connectivity index (χ3n) is 2.95. The lowest BCUT2D eigenvalue weighted by Gasteiger charge is -2.21. The molecular weight excluding hydrogens is 184 g/mol. The number of hydrogen-bond donors (Lipinski definition) is 2. The largest absolute Gasteiger partial charge is 0.330 e. The van der Waals surface area contributed by atoms with Crippen molar-refractivity contribution >= 4 is 0 Å². The topological polar surface area (TPSA) is 38.0 Å². The van der Waals surface area contributed by atoms with E-state index in [9.17, 15) is 0 Å². The maximum absolute atomic E-state index is 5.66. The highest BCUT2D eigenvalue weighted by Crippen LogP contribution is 2.23. The SMILES string of the molecule is CNC(CC(C)CN)c1ccccc1C. The van der Waals surface area contributed by atoms with Crippen molar-refractivity contribution in [2.45, 2.75) is 26.3 Å². The summed E-state index contributed by atoms with van der Waals surface area (Å²) in [5.41, 5.74) is 8.40. The third-order valence-corrected chi connectivity index (χ3v) is 2.95. The van der Waals surface area contributed by atoms with Gasteiger partial charge >= 0.3 is 0 Å². The Hall–Kier alpha value is -0.860. The highest BCUT2D eigenvalue weighted by Gasteiger charge is 2.13. The monoisotopic (exact) mass is 206 g/mol. The van der Waals surface area contributed by atoms with Crippen LogP contribution in [-0.2, 0) is 0 Å². The molecule has 0 radical (unpaired) electrons. The Bertz CT molecular complexity index is 296. The predicted molar refractivity (Wildman–Crippen MR) is 65.8 cm³/mol. The Labute approximate surface area is 92.9 Å². The lowest BCUT2D eigenvalue weighted by Crippen LogP contribution is -2.23. The van der Waals surface area contributed by atoms with Crippen LogP contribution in [-0.4, -0.2) is 13.6 Å². The Morgan fingerprint density at radius 3 is 2.53 bits per heavy atom. The molecule has 15 heavy (non-hydrogen) atoms. The van der Waals surface area contributed by atoms with Crippen molar-refractivity contribution in [2.24, 2.45) is 11.7 Å². The van der Waals surface area contributed by atoms with Gasteiger partial charge in [-0.15, -0.1) is 0 Å². The number of aryl methyl sites for hydroxylation is 1. The summed E-state index contributed by atoms with van der Waals surface area (Å²) in [5, 5.41) is 3.37. The van der Waals surface area contributed by atoms with Gasteiger partial charge in [-0.25, -0.2) is 0 Å². The van der Waals surface area contributed by atoms with Gasteiger partial charge in [-0.05, 0) is 44.0 Å². The van der Waals surface area contributed by atoms with Crippen molar-refractivity contribution in [3.8, 4) is 0 Å². The minimum absolute atomic E-state index is 0.421. The van der Waals surface area contributed by atoms with Crippen LogP contribution in [0.5, 0.6) is 0 Å². The second kappa shape index (κ2) is 5.89. The van der Waals surface area contributed by atoms with E-state index in [1.165, 1.54) is 11.1 Å². The van der Waals surface area contributed by atoms with E-state index >= 15 is 0 Å². The van der Waals surface area contributed by atoms with Crippen LogP contribution in [0, 0.1) is 12.8 Å². The van der Waals surface area contributed by atoms with Gasteiger partial charge in [0.05, 0.1) is 0 Å². The number of nitrogens with two attached hydrogens (primary N) is 1. The Balaban J connectivity index is 2.78. The molecular formula is C13H22N2. The number of nitrogens with one attached hydrogen (secondary N) is 1. The average Bonchev–Trinajstić information content (AvgIpc) is 2.26. The summed E-state index contributed by atoms with van der Waals surface area (Å²) in [6.45, 7) is 5.11. The molecule has 0 fully saturated rings. The maximum Gasteiger partial charge on any atom is 0.0323 e. The summed E-state index contributed by atoms with van der Waals surface area (Å²) < 4.78 is 0. The average molecular weight is 206 g/mol. The highest BCUT2D eigenvalue weighted by molar-refractivity contribution is 5.28. The van der Waals surface area contributed by atoms with E-state index in [1.807, 2.05) is 7.05 Å². The van der Waals surface area contributed by atoms with Crippen LogP contribution in [0.3, 0.4) is 0 Å². The Morgan fingerprint density at radius 1 is 1.33 bits per heavy atom. The summed E-state index contributed by atoms with van der Waals surface area (Å²) in [4.78, 5) is 0. The minimum Gasteiger partial charge on any atom is -0.330 e. The molecule has 0 aliphatic carbocycles. The minimum atomic E-state index is 0.421. The van der Waals surface area contributed by atoms with E-state index in [0.29, 0.717) is 12.0 Å². The normalized spacial score (nSPS) is 14.9. The molecule has 0 saturated heterocycles. The van der Waals surface area contributed by atoms with Crippen LogP contribution in [0.2, 0.25) is 0 Å². The second-order valence-corrected chi connectivity index (χ2v) is 4.27. The van der Waals surface area contributed by atoms with E-state index in [-0.39, 0.29) is 0 Å². The molecule has 2 heteroatoms. The predicted octanol–water partition coefficient (Wildman–Crippen LogP) is 2.24. The molecule has 0 saturated carbocycles. The molecule has 2 atom stereocenters. The van der Waals surface area contributed by atoms with Crippen LogP contribution in [0.25, 0.3) is 0 Å². The molecule has 0 heterocycles. The van der Waals surface area contributed by atoms with Gasteiger partial charge in [-0.3, -0.25) is 0 Å². The van der Waals surface area contributed by atoms with E-state index in [1.54, 1.807) is 0 Å². The maximum atomic E-state index is 5.66. The zero-order valence-corrected chi connectivity index (χ0v) is 9.96. The zero-order chi connectivity index (χ0) is 11.3. The summed E-state index contributed by atoms with van der Waals surface area (Å²) in [6.07, 6.45) is 1.10. The first kappa shape index (κ1) is 12.2. The van der Waals surface area contributed by atoms with Crippen molar-refractivity contribution in [3.63, 3.8) is 0 Å². The molecule has 0 bridgehead atoms. The smallest absolute Gasteiger partial charge is 0.0323 e. The molecule has 84 valence electrons. The Kier molecular flexibility index (Phi) is 4.79. The first-order valence-corrected chi connectivity index (χ1v) is 5.62. The molecule has 0 spiro atoms. The van der Waals surface area contributed by atoms with Gasteiger partial charge in [0.2, 0.25) is 0 Å². The van der Waals surface area contributed by atoms with E-state index < -0.39 is 0 Å². The molecule has 0 aromatic heterocycles. The van der Waals surface area contributed by atoms with Gasteiger partial charge in [0.1, 0.15) is 0 Å². The van der Waals surface area contributed by atoms with E-state index in [0.717, 1.165) is 13.0 Å². The summed E-state index contributed by atoms with van der Waals surface area (Å²) in [5.74, 6) is 0.557. The first-order valence-electron chi connectivity index (χ1n) is 5.62. The number of benzene rings is 1. The van der Waals surface area contributed by atoms with Crippen molar-refractivity contribution in [1.29, 1.82) is 0 Å². The first-order chi connectivity index (χ1) is 7.19. The standard InChI is InChI=1S/C13H22N2/c1-10(9-14)8-13(15-3)12-7-5-4-6-11(12)2/h4-7,10,13,15H,8-9,14H2,1-3H3. The fraction of sp³-hybridized carbons (Fsp3) is 0.538. The molecule has 2 unspecified atom stereocenters. The van der Waals surface area contributed by atoms with Crippen molar-refractivity contribution in [1.82, 2.24) is 5.32 Å². The molecule has 1 aromatic rings. The van der Waals surface area contributed by atoms with Crippen molar-refractivity contribution in [2.75, 3.05) is 13.6 Å². The van der Waals surface area contributed by atoms with Crippen LogP contribution in [0.15, 0.2) is 24.3 Å². The fourth-order valence-corrected chi connectivity index (χ4v) is 1.88. The van der Waals surface area contributed by atoms with Gasteiger partial charge in [-0.1, -0.05) is 31.2 Å². The van der Waals surface area contributed by atoms with Crippen LogP contribution in [0.1, 0.15) is 30.5 Å². The van der Waals surface area contributed by atoms with Crippen LogP contribution < -0.4 is 11.1 Å². The molecule has 0 aliphatic rings. The molecule has 1 aromatic carbocycles. The second-order valence-electron chi connectivity index (χ2n) is 4.27. The van der Waals surface area contributed by atoms with Crippen LogP contribution in [0.4, 0.5) is 0 Å².